The number of aromatic nitrogens is 2. The van der Waals surface area contributed by atoms with Crippen LogP contribution in [0.3, 0.4) is 0 Å². The van der Waals surface area contributed by atoms with E-state index in [0.29, 0.717) is 24.5 Å². The van der Waals surface area contributed by atoms with Crippen LogP contribution < -0.4 is 4.90 Å². The number of carbonyl (C=O) groups is 1. The molecule has 1 aromatic carbocycles. The third kappa shape index (κ3) is 4.07. The lowest BCUT2D eigenvalue weighted by Gasteiger charge is -2.22. The maximum atomic E-state index is 12.7. The molecule has 2 heterocycles. The Hall–Kier alpha value is -2.64. The van der Waals surface area contributed by atoms with Crippen molar-refractivity contribution in [1.29, 1.82) is 0 Å². The number of hydrogen-bond donors (Lipinski definition) is 0. The Morgan fingerprint density at radius 2 is 2.00 bits per heavy atom. The Balaban J connectivity index is 1.65. The number of esters is 1. The van der Waals surface area contributed by atoms with Gasteiger partial charge in [-0.15, -0.1) is 0 Å². The Bertz CT molecular complexity index is 737. The van der Waals surface area contributed by atoms with E-state index in [1.54, 1.807) is 23.4 Å². The van der Waals surface area contributed by atoms with Crippen molar-refractivity contribution in [1.82, 2.24) is 9.97 Å². The van der Waals surface area contributed by atoms with Crippen molar-refractivity contribution < 1.29 is 22.7 Å². The molecule has 0 spiro atoms. The van der Waals surface area contributed by atoms with Gasteiger partial charge in [-0.3, -0.25) is 0 Å². The molecule has 25 heavy (non-hydrogen) atoms. The molecule has 3 rings (SSSR count). The number of benzene rings is 1. The second-order valence-corrected chi connectivity index (χ2v) is 5.71. The maximum Gasteiger partial charge on any atom is 0.416 e. The molecule has 1 atom stereocenters. The topological polar surface area (TPSA) is 55.3 Å². The number of rotatable bonds is 4. The molecule has 1 aliphatic heterocycles. The van der Waals surface area contributed by atoms with Gasteiger partial charge < -0.3 is 9.64 Å². The molecule has 0 N–H and O–H groups in total. The predicted molar refractivity (Wildman–Crippen MR) is 83.6 cm³/mol. The Kier molecular flexibility index (Phi) is 4.87. The summed E-state index contributed by atoms with van der Waals surface area (Å²) in [5.74, 6) is -0.0385. The molecule has 0 bridgehead atoms. The highest BCUT2D eigenvalue weighted by atomic mass is 19.4. The Labute approximate surface area is 142 Å². The van der Waals surface area contributed by atoms with Crippen LogP contribution in [0.25, 0.3) is 0 Å². The minimum absolute atomic E-state index is 0.206. The average molecular weight is 351 g/mol. The molecule has 1 aromatic heterocycles. The van der Waals surface area contributed by atoms with Gasteiger partial charge in [0.15, 0.2) is 0 Å². The summed E-state index contributed by atoms with van der Waals surface area (Å²) in [6.07, 6.45) is 0.144. The second kappa shape index (κ2) is 7.08. The van der Waals surface area contributed by atoms with E-state index < -0.39 is 23.8 Å². The number of hydrogen-bond acceptors (Lipinski definition) is 5. The van der Waals surface area contributed by atoms with E-state index in [9.17, 15) is 18.0 Å². The fraction of sp³-hybridized carbons (Fsp3) is 0.353. The number of nitrogens with zero attached hydrogens (tertiary/aromatic N) is 3. The zero-order valence-corrected chi connectivity index (χ0v) is 13.2. The van der Waals surface area contributed by atoms with Crippen molar-refractivity contribution >= 4 is 11.9 Å². The van der Waals surface area contributed by atoms with Crippen LogP contribution in [0, 0.1) is 0 Å². The fourth-order valence-corrected chi connectivity index (χ4v) is 2.78. The van der Waals surface area contributed by atoms with Crippen LogP contribution in [0.4, 0.5) is 19.1 Å². The van der Waals surface area contributed by atoms with Crippen molar-refractivity contribution in [2.75, 3.05) is 11.4 Å². The van der Waals surface area contributed by atoms with Crippen LogP contribution >= 0.6 is 0 Å². The molecule has 1 aliphatic rings. The minimum atomic E-state index is -4.42. The summed E-state index contributed by atoms with van der Waals surface area (Å²) in [4.78, 5) is 22.4. The van der Waals surface area contributed by atoms with E-state index in [4.69, 9.17) is 4.74 Å². The number of halogens is 3. The summed E-state index contributed by atoms with van der Waals surface area (Å²) in [5.41, 5.74) is -0.468. The van der Waals surface area contributed by atoms with Gasteiger partial charge >= 0.3 is 12.1 Å². The molecule has 0 saturated carbocycles. The number of ether oxygens (including phenoxy) is 1. The first-order valence-electron chi connectivity index (χ1n) is 7.81. The quantitative estimate of drug-likeness (QED) is 0.792. The van der Waals surface area contributed by atoms with E-state index >= 15 is 0 Å². The summed E-state index contributed by atoms with van der Waals surface area (Å²) in [6.45, 7) is 0.427. The Morgan fingerprint density at radius 3 is 2.72 bits per heavy atom. The normalized spacial score (nSPS) is 17.6. The van der Waals surface area contributed by atoms with Gasteiger partial charge in [0, 0.05) is 18.9 Å². The van der Waals surface area contributed by atoms with Crippen molar-refractivity contribution in [2.45, 2.75) is 31.7 Å². The first-order valence-corrected chi connectivity index (χ1v) is 7.81. The zero-order valence-electron chi connectivity index (χ0n) is 13.2. The summed E-state index contributed by atoms with van der Waals surface area (Å²) >= 11 is 0. The van der Waals surface area contributed by atoms with Crippen molar-refractivity contribution in [2.24, 2.45) is 0 Å². The third-order valence-electron chi connectivity index (χ3n) is 3.97. The van der Waals surface area contributed by atoms with Gasteiger partial charge in [-0.25, -0.2) is 14.8 Å². The van der Waals surface area contributed by atoms with Gasteiger partial charge in [-0.1, -0.05) is 12.1 Å². The van der Waals surface area contributed by atoms with Crippen LogP contribution in [0.15, 0.2) is 42.7 Å². The maximum absolute atomic E-state index is 12.7. The summed E-state index contributed by atoms with van der Waals surface area (Å²) < 4.78 is 43.4. The van der Waals surface area contributed by atoms with Gasteiger partial charge in [0.05, 0.1) is 5.56 Å². The molecule has 8 heteroatoms. The van der Waals surface area contributed by atoms with Crippen molar-refractivity contribution in [3.8, 4) is 0 Å². The van der Waals surface area contributed by atoms with E-state index in [-0.39, 0.29) is 6.61 Å². The molecule has 1 fully saturated rings. The molecule has 1 saturated heterocycles. The lowest BCUT2D eigenvalue weighted by Crippen LogP contribution is -2.38. The van der Waals surface area contributed by atoms with Crippen LogP contribution in [-0.4, -0.2) is 28.5 Å². The SMILES string of the molecule is O=C(OCc1cccc(C(F)(F)F)c1)C1CCCN1c1ncccn1. The fourth-order valence-electron chi connectivity index (χ4n) is 2.78. The molecule has 2 aromatic rings. The number of alkyl halides is 3. The number of carbonyl (C=O) groups excluding carboxylic acids is 1. The molecule has 0 amide bonds. The number of anilines is 1. The predicted octanol–water partition coefficient (Wildman–Crippen LogP) is 3.21. The first-order chi connectivity index (χ1) is 11.9. The van der Waals surface area contributed by atoms with Gasteiger partial charge in [-0.2, -0.15) is 13.2 Å². The first kappa shape index (κ1) is 17.2. The van der Waals surface area contributed by atoms with Gasteiger partial charge in [-0.05, 0) is 36.6 Å². The highest BCUT2D eigenvalue weighted by molar-refractivity contribution is 5.80. The zero-order chi connectivity index (χ0) is 17.9. The van der Waals surface area contributed by atoms with Crippen LogP contribution in [0.1, 0.15) is 24.0 Å². The lowest BCUT2D eigenvalue weighted by atomic mass is 10.1. The molecule has 132 valence electrons. The largest absolute Gasteiger partial charge is 0.459 e. The van der Waals surface area contributed by atoms with E-state index in [2.05, 4.69) is 9.97 Å². The van der Waals surface area contributed by atoms with Gasteiger partial charge in [0.1, 0.15) is 12.6 Å². The average Bonchev–Trinajstić information content (AvgIpc) is 3.10. The van der Waals surface area contributed by atoms with Crippen LogP contribution in [0.5, 0.6) is 0 Å². The molecular formula is C17H16F3N3O2. The summed E-state index contributed by atoms with van der Waals surface area (Å²) in [6, 6.07) is 5.92. The minimum Gasteiger partial charge on any atom is -0.459 e. The lowest BCUT2D eigenvalue weighted by molar-refractivity contribution is -0.146. The standard InChI is InChI=1S/C17H16F3N3O2/c18-17(19,20)13-5-1-4-12(10-13)11-25-15(24)14-6-2-9-23(14)16-21-7-3-8-22-16/h1,3-5,7-8,10,14H,2,6,9,11H2. The van der Waals surface area contributed by atoms with Crippen molar-refractivity contribution in [3.05, 3.63) is 53.9 Å². The summed E-state index contributed by atoms with van der Waals surface area (Å²) in [7, 11) is 0. The third-order valence-corrected chi connectivity index (χ3v) is 3.97. The summed E-state index contributed by atoms with van der Waals surface area (Å²) in [5, 5.41) is 0. The smallest absolute Gasteiger partial charge is 0.416 e. The van der Waals surface area contributed by atoms with E-state index in [1.165, 1.54) is 12.1 Å². The van der Waals surface area contributed by atoms with Gasteiger partial charge in [0.25, 0.3) is 0 Å². The molecule has 0 aliphatic carbocycles. The molecule has 0 radical (unpaired) electrons. The van der Waals surface area contributed by atoms with E-state index in [1.807, 2.05) is 0 Å². The monoisotopic (exact) mass is 351 g/mol. The van der Waals surface area contributed by atoms with Gasteiger partial charge in [0.2, 0.25) is 5.95 Å². The second-order valence-electron chi connectivity index (χ2n) is 5.71. The van der Waals surface area contributed by atoms with E-state index in [0.717, 1.165) is 18.6 Å². The Morgan fingerprint density at radius 1 is 1.24 bits per heavy atom. The highest BCUT2D eigenvalue weighted by Crippen LogP contribution is 2.30. The highest BCUT2D eigenvalue weighted by Gasteiger charge is 2.34. The molecule has 5 nitrogen and oxygen atoms in total. The molecule has 1 unspecified atom stereocenters. The van der Waals surface area contributed by atoms with Crippen molar-refractivity contribution in [3.63, 3.8) is 0 Å². The van der Waals surface area contributed by atoms with Crippen LogP contribution in [0.2, 0.25) is 0 Å². The van der Waals surface area contributed by atoms with Crippen LogP contribution in [-0.2, 0) is 22.3 Å². The molecular weight excluding hydrogens is 335 g/mol.